The van der Waals surface area contributed by atoms with E-state index in [1.807, 2.05) is 60.2 Å². The maximum Gasteiger partial charge on any atom is 0.128 e. The number of nitrogens with zero attached hydrogens (tertiary/aromatic N) is 3. The maximum absolute atomic E-state index is 6.03. The van der Waals surface area contributed by atoms with Crippen LogP contribution in [0.3, 0.4) is 0 Å². The smallest absolute Gasteiger partial charge is 0.128 e. The summed E-state index contributed by atoms with van der Waals surface area (Å²) in [6.45, 7) is 2.29. The van der Waals surface area contributed by atoms with Crippen LogP contribution in [0.15, 0.2) is 72.4 Å². The van der Waals surface area contributed by atoms with E-state index in [0.717, 1.165) is 46.2 Å². The van der Waals surface area contributed by atoms with E-state index in [0.29, 0.717) is 6.61 Å². The van der Waals surface area contributed by atoms with Crippen LogP contribution in [0.25, 0.3) is 10.9 Å². The number of anilines is 1. The Balaban J connectivity index is 1.47. The van der Waals surface area contributed by atoms with Gasteiger partial charge in [0.25, 0.3) is 0 Å². The van der Waals surface area contributed by atoms with Crippen molar-refractivity contribution in [2.75, 3.05) is 24.6 Å². The van der Waals surface area contributed by atoms with E-state index in [9.17, 15) is 0 Å². The summed E-state index contributed by atoms with van der Waals surface area (Å²) in [4.78, 5) is 11.3. The Hall–Kier alpha value is -2.96. The molecule has 4 aromatic rings. The van der Waals surface area contributed by atoms with Crippen molar-refractivity contribution < 1.29 is 9.47 Å². The first-order chi connectivity index (χ1) is 13.9. The summed E-state index contributed by atoms with van der Waals surface area (Å²) in [6.07, 6.45) is 3.70. The molecular weight excluding hydrogens is 370 g/mol. The van der Waals surface area contributed by atoms with Gasteiger partial charge in [0.1, 0.15) is 22.6 Å². The van der Waals surface area contributed by atoms with Crippen molar-refractivity contribution in [3.05, 3.63) is 77.4 Å². The molecular formula is C22H19N3O2S. The summed E-state index contributed by atoms with van der Waals surface area (Å²) in [7, 11) is 0. The Bertz CT molecular complexity index is 1070. The number of para-hydroxylation sites is 1. The van der Waals surface area contributed by atoms with Crippen molar-refractivity contribution in [2.45, 2.75) is 6.10 Å². The molecule has 6 heteroatoms. The number of thiazole rings is 1. The van der Waals surface area contributed by atoms with E-state index in [1.54, 1.807) is 11.3 Å². The topological polar surface area (TPSA) is 47.5 Å². The number of hydrogen-bond acceptors (Lipinski definition) is 6. The van der Waals surface area contributed by atoms with E-state index >= 15 is 0 Å². The van der Waals surface area contributed by atoms with E-state index in [4.69, 9.17) is 9.47 Å². The number of benzene rings is 2. The molecule has 1 aliphatic heterocycles. The van der Waals surface area contributed by atoms with Crippen molar-refractivity contribution in [3.8, 4) is 11.5 Å². The van der Waals surface area contributed by atoms with Crippen LogP contribution in [0, 0.1) is 0 Å². The largest absolute Gasteiger partial charge is 0.457 e. The minimum atomic E-state index is 0.000664. The second kappa shape index (κ2) is 7.58. The van der Waals surface area contributed by atoms with Gasteiger partial charge in [0, 0.05) is 35.4 Å². The molecule has 0 aliphatic carbocycles. The Morgan fingerprint density at radius 3 is 2.79 bits per heavy atom. The van der Waals surface area contributed by atoms with Crippen molar-refractivity contribution in [1.82, 2.24) is 9.97 Å². The molecule has 0 radical (unpaired) electrons. The molecule has 1 atom stereocenters. The van der Waals surface area contributed by atoms with Gasteiger partial charge in [-0.25, -0.2) is 4.98 Å². The van der Waals surface area contributed by atoms with Crippen molar-refractivity contribution in [3.63, 3.8) is 0 Å². The monoisotopic (exact) mass is 389 g/mol. The zero-order valence-electron chi connectivity index (χ0n) is 15.2. The van der Waals surface area contributed by atoms with E-state index in [1.165, 1.54) is 0 Å². The van der Waals surface area contributed by atoms with Gasteiger partial charge in [-0.2, -0.15) is 0 Å². The van der Waals surface area contributed by atoms with Crippen LogP contribution in [-0.4, -0.2) is 29.7 Å². The van der Waals surface area contributed by atoms with Crippen LogP contribution in [-0.2, 0) is 4.74 Å². The standard InChI is InChI=1S/C22H19N3O2S/c1-2-4-16(5-3-1)27-17-6-7-19-18(14-17)20(8-9-23-19)25-11-12-26-21(15-25)22-24-10-13-28-22/h1-10,13-14,21H,11-12,15H2. The van der Waals surface area contributed by atoms with Crippen molar-refractivity contribution >= 4 is 27.9 Å². The zero-order chi connectivity index (χ0) is 18.8. The van der Waals surface area contributed by atoms with Gasteiger partial charge in [0.15, 0.2) is 0 Å². The van der Waals surface area contributed by atoms with Gasteiger partial charge >= 0.3 is 0 Å². The van der Waals surface area contributed by atoms with Crippen LogP contribution >= 0.6 is 11.3 Å². The molecule has 5 nitrogen and oxygen atoms in total. The molecule has 0 bridgehead atoms. The summed E-state index contributed by atoms with van der Waals surface area (Å²) in [6, 6.07) is 17.9. The number of morpholine rings is 1. The third kappa shape index (κ3) is 3.44. The third-order valence-electron chi connectivity index (χ3n) is 4.80. The molecule has 1 saturated heterocycles. The number of fused-ring (bicyclic) bond motifs is 1. The predicted molar refractivity (Wildman–Crippen MR) is 111 cm³/mol. The number of pyridine rings is 1. The molecule has 0 saturated carbocycles. The van der Waals surface area contributed by atoms with Crippen LogP contribution < -0.4 is 9.64 Å². The van der Waals surface area contributed by atoms with E-state index in [-0.39, 0.29) is 6.10 Å². The van der Waals surface area contributed by atoms with Crippen LogP contribution in [0.4, 0.5) is 5.69 Å². The molecule has 1 fully saturated rings. The highest BCUT2D eigenvalue weighted by atomic mass is 32.1. The molecule has 1 unspecified atom stereocenters. The second-order valence-corrected chi connectivity index (χ2v) is 7.53. The first-order valence-electron chi connectivity index (χ1n) is 9.24. The fourth-order valence-electron chi connectivity index (χ4n) is 3.49. The lowest BCUT2D eigenvalue weighted by Crippen LogP contribution is -2.38. The highest BCUT2D eigenvalue weighted by Gasteiger charge is 2.25. The average Bonchev–Trinajstić information content (AvgIpc) is 3.29. The van der Waals surface area contributed by atoms with Gasteiger partial charge in [-0.1, -0.05) is 18.2 Å². The summed E-state index contributed by atoms with van der Waals surface area (Å²) in [5.41, 5.74) is 2.10. The second-order valence-electron chi connectivity index (χ2n) is 6.60. The molecule has 140 valence electrons. The molecule has 5 rings (SSSR count). The van der Waals surface area contributed by atoms with Crippen LogP contribution in [0.1, 0.15) is 11.1 Å². The molecule has 2 aromatic carbocycles. The molecule has 1 aliphatic rings. The molecule has 0 amide bonds. The number of hydrogen-bond donors (Lipinski definition) is 0. The first-order valence-corrected chi connectivity index (χ1v) is 10.1. The van der Waals surface area contributed by atoms with Crippen molar-refractivity contribution in [1.29, 1.82) is 0 Å². The first kappa shape index (κ1) is 17.2. The summed E-state index contributed by atoms with van der Waals surface area (Å²) >= 11 is 1.64. The Labute approximate surface area is 167 Å². The quantitative estimate of drug-likeness (QED) is 0.488. The summed E-state index contributed by atoms with van der Waals surface area (Å²) in [5.74, 6) is 1.63. The normalized spacial score (nSPS) is 17.0. The highest BCUT2D eigenvalue weighted by Crippen LogP contribution is 2.34. The lowest BCUT2D eigenvalue weighted by atomic mass is 10.1. The molecule has 3 heterocycles. The number of aromatic nitrogens is 2. The van der Waals surface area contributed by atoms with E-state index < -0.39 is 0 Å². The fourth-order valence-corrected chi connectivity index (χ4v) is 4.16. The molecule has 2 aromatic heterocycles. The predicted octanol–water partition coefficient (Wildman–Crippen LogP) is 5.06. The van der Waals surface area contributed by atoms with Gasteiger partial charge in [0.2, 0.25) is 0 Å². The van der Waals surface area contributed by atoms with Gasteiger partial charge in [-0.15, -0.1) is 11.3 Å². The minimum absolute atomic E-state index is 0.000664. The van der Waals surface area contributed by atoms with Crippen molar-refractivity contribution in [2.24, 2.45) is 0 Å². The van der Waals surface area contributed by atoms with Crippen LogP contribution in [0.5, 0.6) is 11.5 Å². The highest BCUT2D eigenvalue weighted by molar-refractivity contribution is 7.09. The van der Waals surface area contributed by atoms with Gasteiger partial charge in [0.05, 0.1) is 18.7 Å². The molecule has 28 heavy (non-hydrogen) atoms. The zero-order valence-corrected chi connectivity index (χ0v) is 16.0. The minimum Gasteiger partial charge on any atom is -0.457 e. The Morgan fingerprint density at radius 2 is 1.93 bits per heavy atom. The molecule has 0 spiro atoms. The summed E-state index contributed by atoms with van der Waals surface area (Å²) < 4.78 is 12.0. The lowest BCUT2D eigenvalue weighted by molar-refractivity contribution is 0.0397. The summed E-state index contributed by atoms with van der Waals surface area (Å²) in [5, 5.41) is 4.10. The number of ether oxygens (including phenoxy) is 2. The van der Waals surface area contributed by atoms with E-state index in [2.05, 4.69) is 27.0 Å². The van der Waals surface area contributed by atoms with Gasteiger partial charge in [-0.05, 0) is 36.4 Å². The average molecular weight is 389 g/mol. The SMILES string of the molecule is c1ccc(Oc2ccc3nccc(N4CCOC(c5nccs5)C4)c3c2)cc1. The van der Waals surface area contributed by atoms with Gasteiger partial charge < -0.3 is 14.4 Å². The molecule has 0 N–H and O–H groups in total. The maximum atomic E-state index is 6.03. The fraction of sp³-hybridized carbons (Fsp3) is 0.182. The lowest BCUT2D eigenvalue weighted by Gasteiger charge is -2.34. The Kier molecular flexibility index (Phi) is 4.64. The van der Waals surface area contributed by atoms with Crippen LogP contribution in [0.2, 0.25) is 0 Å². The number of rotatable bonds is 4. The Morgan fingerprint density at radius 1 is 1.00 bits per heavy atom. The van der Waals surface area contributed by atoms with Gasteiger partial charge in [-0.3, -0.25) is 4.98 Å². The third-order valence-corrected chi connectivity index (χ3v) is 5.67.